The number of amides is 1. The minimum Gasteiger partial charge on any atom is -0.486 e. The molecule has 5 nitrogen and oxygen atoms in total. The second kappa shape index (κ2) is 7.11. The molecule has 24 heavy (non-hydrogen) atoms. The summed E-state index contributed by atoms with van der Waals surface area (Å²) in [5, 5.41) is 0.560. The second-order valence-corrected chi connectivity index (χ2v) is 6.14. The first-order valence-corrected chi connectivity index (χ1v) is 8.07. The van der Waals surface area contributed by atoms with Crippen LogP contribution in [-0.4, -0.2) is 31.1 Å². The fourth-order valence-electron chi connectivity index (χ4n) is 2.62. The lowest BCUT2D eigenvalue weighted by molar-refractivity contribution is -0.131. The maximum absolute atomic E-state index is 12.5. The summed E-state index contributed by atoms with van der Waals surface area (Å²) < 4.78 is 11.1. The number of benzene rings is 2. The third-order valence-corrected chi connectivity index (χ3v) is 4.11. The molecule has 0 saturated carbocycles. The van der Waals surface area contributed by atoms with Gasteiger partial charge >= 0.3 is 0 Å². The quantitative estimate of drug-likeness (QED) is 0.924. The Kier molecular flexibility index (Phi) is 4.92. The van der Waals surface area contributed by atoms with Gasteiger partial charge in [-0.05, 0) is 35.4 Å². The Bertz CT molecular complexity index is 751. The van der Waals surface area contributed by atoms with Gasteiger partial charge in [0, 0.05) is 18.6 Å². The molecule has 6 heteroatoms. The van der Waals surface area contributed by atoms with Crippen LogP contribution in [0.4, 0.5) is 0 Å². The molecule has 0 aromatic heterocycles. The van der Waals surface area contributed by atoms with Crippen LogP contribution in [-0.2, 0) is 11.3 Å². The lowest BCUT2D eigenvalue weighted by Crippen LogP contribution is -2.35. The summed E-state index contributed by atoms with van der Waals surface area (Å²) in [7, 11) is 1.73. The van der Waals surface area contributed by atoms with Crippen molar-refractivity contribution in [3.8, 4) is 11.5 Å². The van der Waals surface area contributed by atoms with E-state index in [1.54, 1.807) is 36.2 Å². The number of carbonyl (C=O) groups is 1. The first-order chi connectivity index (χ1) is 11.5. The molecule has 1 atom stereocenters. The summed E-state index contributed by atoms with van der Waals surface area (Å²) in [6.07, 6.45) is 0. The van der Waals surface area contributed by atoms with Crippen LogP contribution >= 0.6 is 11.6 Å². The molecule has 0 radical (unpaired) electrons. The predicted octanol–water partition coefficient (Wildman–Crippen LogP) is 2.77. The monoisotopic (exact) mass is 346 g/mol. The number of hydrogen-bond donors (Lipinski definition) is 1. The van der Waals surface area contributed by atoms with Gasteiger partial charge in [-0.2, -0.15) is 0 Å². The van der Waals surface area contributed by atoms with E-state index in [0.717, 1.165) is 11.3 Å². The van der Waals surface area contributed by atoms with Crippen molar-refractivity contribution >= 4 is 17.5 Å². The Morgan fingerprint density at radius 3 is 2.71 bits per heavy atom. The third kappa shape index (κ3) is 3.63. The minimum absolute atomic E-state index is 0.174. The Hall–Kier alpha value is -2.24. The zero-order valence-corrected chi connectivity index (χ0v) is 14.1. The van der Waals surface area contributed by atoms with Crippen molar-refractivity contribution < 1.29 is 14.3 Å². The predicted molar refractivity (Wildman–Crippen MR) is 92.3 cm³/mol. The molecule has 2 N–H and O–H groups in total. The largest absolute Gasteiger partial charge is 0.486 e. The molecule has 0 fully saturated rings. The number of hydrogen-bond acceptors (Lipinski definition) is 4. The van der Waals surface area contributed by atoms with E-state index in [9.17, 15) is 4.79 Å². The van der Waals surface area contributed by atoms with Gasteiger partial charge in [0.1, 0.15) is 19.3 Å². The number of fused-ring (bicyclic) bond motifs is 1. The highest BCUT2D eigenvalue weighted by Crippen LogP contribution is 2.31. The Labute approximate surface area is 145 Å². The fraction of sp³-hybridized carbons (Fsp3) is 0.278. The van der Waals surface area contributed by atoms with Crippen molar-refractivity contribution in [3.63, 3.8) is 0 Å². The molecule has 2 aromatic rings. The average Bonchev–Trinajstić information content (AvgIpc) is 2.60. The van der Waals surface area contributed by atoms with Crippen LogP contribution in [0.2, 0.25) is 5.02 Å². The summed E-state index contributed by atoms with van der Waals surface area (Å²) in [5.74, 6) is 1.26. The van der Waals surface area contributed by atoms with E-state index in [-0.39, 0.29) is 5.91 Å². The van der Waals surface area contributed by atoms with Gasteiger partial charge in [-0.15, -0.1) is 0 Å². The molecule has 0 bridgehead atoms. The van der Waals surface area contributed by atoms with Crippen LogP contribution in [0.15, 0.2) is 42.5 Å². The highest BCUT2D eigenvalue weighted by Gasteiger charge is 2.21. The molecule has 1 amide bonds. The number of rotatable bonds is 4. The smallest absolute Gasteiger partial charge is 0.244 e. The van der Waals surface area contributed by atoms with E-state index in [1.807, 2.05) is 18.2 Å². The molecule has 3 rings (SSSR count). The van der Waals surface area contributed by atoms with Gasteiger partial charge < -0.3 is 20.1 Å². The van der Waals surface area contributed by atoms with Gasteiger partial charge in [0.2, 0.25) is 5.91 Å². The van der Waals surface area contributed by atoms with Crippen molar-refractivity contribution in [1.29, 1.82) is 0 Å². The Morgan fingerprint density at radius 1 is 1.21 bits per heavy atom. The molecular formula is C18H19ClN2O3. The summed E-state index contributed by atoms with van der Waals surface area (Å²) in [6, 6.07) is 12.0. The molecule has 0 spiro atoms. The number of nitrogens with zero attached hydrogens (tertiary/aromatic N) is 1. The standard InChI is InChI=1S/C18H19ClN2O3/c1-21(18(22)17(20)13-3-2-4-14(19)10-13)11-12-5-6-15-16(9-12)24-8-7-23-15/h2-6,9-10,17H,7-8,11,20H2,1H3/t17-/m0/s1. The molecule has 0 aliphatic carbocycles. The van der Waals surface area contributed by atoms with E-state index in [2.05, 4.69) is 0 Å². The highest BCUT2D eigenvalue weighted by atomic mass is 35.5. The van der Waals surface area contributed by atoms with Crippen LogP contribution in [0.1, 0.15) is 17.2 Å². The van der Waals surface area contributed by atoms with Crippen molar-refractivity contribution in [2.24, 2.45) is 5.73 Å². The van der Waals surface area contributed by atoms with Gasteiger partial charge in [0.25, 0.3) is 0 Å². The zero-order valence-electron chi connectivity index (χ0n) is 13.4. The van der Waals surface area contributed by atoms with E-state index >= 15 is 0 Å². The molecule has 0 unspecified atom stereocenters. The van der Waals surface area contributed by atoms with E-state index < -0.39 is 6.04 Å². The van der Waals surface area contributed by atoms with Gasteiger partial charge in [-0.25, -0.2) is 0 Å². The van der Waals surface area contributed by atoms with Crippen LogP contribution in [0, 0.1) is 0 Å². The van der Waals surface area contributed by atoms with Gasteiger partial charge in [0.05, 0.1) is 0 Å². The number of likely N-dealkylation sites (N-methyl/N-ethyl adjacent to an activating group) is 1. The lowest BCUT2D eigenvalue weighted by atomic mass is 10.1. The Balaban J connectivity index is 1.70. The van der Waals surface area contributed by atoms with Crippen molar-refractivity contribution in [2.45, 2.75) is 12.6 Å². The average molecular weight is 347 g/mol. The van der Waals surface area contributed by atoms with Crippen LogP contribution in [0.25, 0.3) is 0 Å². The summed E-state index contributed by atoms with van der Waals surface area (Å²) >= 11 is 5.96. The molecular weight excluding hydrogens is 328 g/mol. The number of ether oxygens (including phenoxy) is 2. The Morgan fingerprint density at radius 2 is 1.96 bits per heavy atom. The van der Waals surface area contributed by atoms with E-state index in [0.29, 0.717) is 36.1 Å². The molecule has 0 saturated heterocycles. The molecule has 1 aliphatic rings. The third-order valence-electron chi connectivity index (χ3n) is 3.88. The van der Waals surface area contributed by atoms with Crippen molar-refractivity contribution in [2.75, 3.05) is 20.3 Å². The molecule has 1 heterocycles. The number of nitrogens with two attached hydrogens (primary N) is 1. The topological polar surface area (TPSA) is 64.8 Å². The molecule has 126 valence electrons. The van der Waals surface area contributed by atoms with Crippen LogP contribution in [0.5, 0.6) is 11.5 Å². The maximum Gasteiger partial charge on any atom is 0.244 e. The van der Waals surface area contributed by atoms with Crippen molar-refractivity contribution in [3.05, 3.63) is 58.6 Å². The lowest BCUT2D eigenvalue weighted by Gasteiger charge is -2.23. The van der Waals surface area contributed by atoms with Crippen LogP contribution < -0.4 is 15.2 Å². The first kappa shape index (κ1) is 16.6. The summed E-state index contributed by atoms with van der Waals surface area (Å²) in [4.78, 5) is 14.1. The molecule has 2 aromatic carbocycles. The normalized spacial score (nSPS) is 14.1. The van der Waals surface area contributed by atoms with E-state index in [1.165, 1.54) is 0 Å². The zero-order chi connectivity index (χ0) is 17.1. The van der Waals surface area contributed by atoms with Gasteiger partial charge in [-0.3, -0.25) is 4.79 Å². The first-order valence-electron chi connectivity index (χ1n) is 7.69. The van der Waals surface area contributed by atoms with Gasteiger partial charge in [0.15, 0.2) is 11.5 Å². The number of carbonyl (C=O) groups excluding carboxylic acids is 1. The van der Waals surface area contributed by atoms with Crippen molar-refractivity contribution in [1.82, 2.24) is 4.90 Å². The SMILES string of the molecule is CN(Cc1ccc2c(c1)OCCO2)C(=O)[C@@H](N)c1cccc(Cl)c1. The highest BCUT2D eigenvalue weighted by molar-refractivity contribution is 6.30. The number of halogens is 1. The summed E-state index contributed by atoms with van der Waals surface area (Å²) in [5.41, 5.74) is 7.73. The second-order valence-electron chi connectivity index (χ2n) is 5.70. The fourth-order valence-corrected chi connectivity index (χ4v) is 2.82. The maximum atomic E-state index is 12.5. The van der Waals surface area contributed by atoms with Crippen LogP contribution in [0.3, 0.4) is 0 Å². The van der Waals surface area contributed by atoms with Gasteiger partial charge in [-0.1, -0.05) is 29.8 Å². The molecule has 1 aliphatic heterocycles. The minimum atomic E-state index is -0.745. The summed E-state index contributed by atoms with van der Waals surface area (Å²) in [6.45, 7) is 1.52. The van der Waals surface area contributed by atoms with E-state index in [4.69, 9.17) is 26.8 Å².